The van der Waals surface area contributed by atoms with E-state index >= 15 is 0 Å². The first-order valence-corrected chi connectivity index (χ1v) is 8.09. The SMILES string of the molecule is CC(C)CCc1ccc(OC(O)C2CCCCC2)cc1. The van der Waals surface area contributed by atoms with Crippen molar-refractivity contribution in [2.45, 2.75) is 65.1 Å². The Labute approximate surface area is 123 Å². The predicted molar refractivity (Wildman–Crippen MR) is 82.8 cm³/mol. The predicted octanol–water partition coefficient (Wildman–Crippen LogP) is 4.55. The molecule has 2 heteroatoms. The van der Waals surface area contributed by atoms with Crippen LogP contribution in [0.15, 0.2) is 24.3 Å². The lowest BCUT2D eigenvalue weighted by atomic mass is 9.89. The van der Waals surface area contributed by atoms with E-state index in [1.54, 1.807) is 0 Å². The summed E-state index contributed by atoms with van der Waals surface area (Å²) in [6.07, 6.45) is 7.61. The van der Waals surface area contributed by atoms with Crippen molar-refractivity contribution in [3.8, 4) is 5.75 Å². The van der Waals surface area contributed by atoms with E-state index in [1.165, 1.54) is 31.2 Å². The molecule has 2 rings (SSSR count). The number of aryl methyl sites for hydroxylation is 1. The van der Waals surface area contributed by atoms with E-state index in [9.17, 15) is 5.11 Å². The van der Waals surface area contributed by atoms with Crippen molar-refractivity contribution >= 4 is 0 Å². The average molecular weight is 276 g/mol. The standard InChI is InChI=1S/C18H28O2/c1-14(2)8-9-15-10-12-17(13-11-15)20-18(19)16-6-4-3-5-7-16/h10-14,16,18-19H,3-9H2,1-2H3. The molecule has 1 N–H and O–H groups in total. The van der Waals surface area contributed by atoms with Crippen LogP contribution in [0.25, 0.3) is 0 Å². The van der Waals surface area contributed by atoms with Gasteiger partial charge in [0.2, 0.25) is 0 Å². The minimum atomic E-state index is -0.642. The maximum absolute atomic E-state index is 10.2. The van der Waals surface area contributed by atoms with Gasteiger partial charge in [0.1, 0.15) is 5.75 Å². The zero-order chi connectivity index (χ0) is 14.4. The molecule has 0 bridgehead atoms. The van der Waals surface area contributed by atoms with Crippen molar-refractivity contribution < 1.29 is 9.84 Å². The van der Waals surface area contributed by atoms with Crippen LogP contribution in [0.4, 0.5) is 0 Å². The number of hydrogen-bond acceptors (Lipinski definition) is 2. The Morgan fingerprint density at radius 2 is 1.75 bits per heavy atom. The summed E-state index contributed by atoms with van der Waals surface area (Å²) in [6, 6.07) is 8.21. The Hall–Kier alpha value is -1.02. The molecule has 0 radical (unpaired) electrons. The van der Waals surface area contributed by atoms with Gasteiger partial charge in [-0.25, -0.2) is 0 Å². The summed E-state index contributed by atoms with van der Waals surface area (Å²) in [5.74, 6) is 1.83. The highest BCUT2D eigenvalue weighted by atomic mass is 16.6. The first-order valence-electron chi connectivity index (χ1n) is 8.09. The zero-order valence-electron chi connectivity index (χ0n) is 12.8. The van der Waals surface area contributed by atoms with Crippen LogP contribution in [0.5, 0.6) is 5.75 Å². The third-order valence-corrected chi connectivity index (χ3v) is 4.24. The van der Waals surface area contributed by atoms with E-state index in [0.29, 0.717) is 5.92 Å². The van der Waals surface area contributed by atoms with Crippen molar-refractivity contribution in [2.24, 2.45) is 11.8 Å². The zero-order valence-corrected chi connectivity index (χ0v) is 12.8. The van der Waals surface area contributed by atoms with Gasteiger partial charge < -0.3 is 9.84 Å². The molecule has 1 aliphatic carbocycles. The molecule has 0 heterocycles. The highest BCUT2D eigenvalue weighted by Crippen LogP contribution is 2.28. The summed E-state index contributed by atoms with van der Waals surface area (Å²) >= 11 is 0. The molecule has 1 aromatic rings. The Morgan fingerprint density at radius 3 is 2.35 bits per heavy atom. The molecule has 0 amide bonds. The summed E-state index contributed by atoms with van der Waals surface area (Å²) < 4.78 is 5.69. The molecule has 0 aliphatic heterocycles. The van der Waals surface area contributed by atoms with Crippen molar-refractivity contribution in [2.75, 3.05) is 0 Å². The third-order valence-electron chi connectivity index (χ3n) is 4.24. The molecule has 0 spiro atoms. The molecule has 1 saturated carbocycles. The Kier molecular flexibility index (Phi) is 5.90. The lowest BCUT2D eigenvalue weighted by Crippen LogP contribution is -2.28. The Balaban J connectivity index is 1.83. The molecule has 1 aromatic carbocycles. The number of hydrogen-bond donors (Lipinski definition) is 1. The second kappa shape index (κ2) is 7.68. The van der Waals surface area contributed by atoms with Gasteiger partial charge in [-0.2, -0.15) is 0 Å². The molecule has 2 nitrogen and oxygen atoms in total. The fraction of sp³-hybridized carbons (Fsp3) is 0.667. The van der Waals surface area contributed by atoms with Gasteiger partial charge in [-0.1, -0.05) is 45.2 Å². The minimum absolute atomic E-state index is 0.310. The molecular weight excluding hydrogens is 248 g/mol. The lowest BCUT2D eigenvalue weighted by molar-refractivity contribution is -0.0722. The highest BCUT2D eigenvalue weighted by molar-refractivity contribution is 5.27. The van der Waals surface area contributed by atoms with E-state index in [1.807, 2.05) is 12.1 Å². The van der Waals surface area contributed by atoms with Gasteiger partial charge in [-0.05, 0) is 49.3 Å². The Bertz CT molecular complexity index is 377. The smallest absolute Gasteiger partial charge is 0.200 e. The number of aliphatic hydroxyl groups is 1. The van der Waals surface area contributed by atoms with E-state index in [4.69, 9.17) is 4.74 Å². The fourth-order valence-corrected chi connectivity index (χ4v) is 2.85. The highest BCUT2D eigenvalue weighted by Gasteiger charge is 2.22. The molecule has 0 aromatic heterocycles. The van der Waals surface area contributed by atoms with Gasteiger partial charge in [0.05, 0.1) is 0 Å². The third kappa shape index (κ3) is 4.82. The number of benzene rings is 1. The van der Waals surface area contributed by atoms with Gasteiger partial charge >= 0.3 is 0 Å². The van der Waals surface area contributed by atoms with Crippen LogP contribution < -0.4 is 4.74 Å². The van der Waals surface area contributed by atoms with Crippen molar-refractivity contribution in [1.29, 1.82) is 0 Å². The number of aliphatic hydroxyl groups excluding tert-OH is 1. The van der Waals surface area contributed by atoms with Gasteiger partial charge in [0.15, 0.2) is 6.29 Å². The molecule has 0 saturated heterocycles. The molecule has 112 valence electrons. The summed E-state index contributed by atoms with van der Waals surface area (Å²) in [5.41, 5.74) is 1.35. The Morgan fingerprint density at radius 1 is 1.10 bits per heavy atom. The summed E-state index contributed by atoms with van der Waals surface area (Å²) in [6.45, 7) is 4.50. The van der Waals surface area contributed by atoms with Gasteiger partial charge in [0, 0.05) is 5.92 Å². The van der Waals surface area contributed by atoms with Crippen LogP contribution in [-0.4, -0.2) is 11.4 Å². The maximum Gasteiger partial charge on any atom is 0.200 e. The molecule has 1 aliphatic rings. The van der Waals surface area contributed by atoms with Crippen LogP contribution in [-0.2, 0) is 6.42 Å². The molecule has 1 atom stereocenters. The molecule has 1 fully saturated rings. The first kappa shape index (κ1) is 15.4. The van der Waals surface area contributed by atoms with Crippen LogP contribution in [0, 0.1) is 11.8 Å². The largest absolute Gasteiger partial charge is 0.465 e. The normalized spacial score (nSPS) is 18.2. The van der Waals surface area contributed by atoms with Crippen molar-refractivity contribution in [3.05, 3.63) is 29.8 Å². The van der Waals surface area contributed by atoms with Crippen LogP contribution in [0.2, 0.25) is 0 Å². The van der Waals surface area contributed by atoms with Crippen molar-refractivity contribution in [3.63, 3.8) is 0 Å². The van der Waals surface area contributed by atoms with E-state index in [0.717, 1.165) is 30.9 Å². The van der Waals surface area contributed by atoms with Crippen LogP contribution in [0.1, 0.15) is 57.9 Å². The van der Waals surface area contributed by atoms with Crippen LogP contribution in [0.3, 0.4) is 0 Å². The maximum atomic E-state index is 10.2. The van der Waals surface area contributed by atoms with E-state index < -0.39 is 6.29 Å². The lowest BCUT2D eigenvalue weighted by Gasteiger charge is -2.26. The molecule has 20 heavy (non-hydrogen) atoms. The minimum Gasteiger partial charge on any atom is -0.465 e. The molecular formula is C18H28O2. The van der Waals surface area contributed by atoms with Crippen molar-refractivity contribution in [1.82, 2.24) is 0 Å². The second-order valence-electron chi connectivity index (χ2n) is 6.48. The summed E-state index contributed by atoms with van der Waals surface area (Å²) in [7, 11) is 0. The summed E-state index contributed by atoms with van der Waals surface area (Å²) in [5, 5.41) is 10.2. The summed E-state index contributed by atoms with van der Waals surface area (Å²) in [4.78, 5) is 0. The van der Waals surface area contributed by atoms with Gasteiger partial charge in [-0.3, -0.25) is 0 Å². The van der Waals surface area contributed by atoms with Gasteiger partial charge in [-0.15, -0.1) is 0 Å². The monoisotopic (exact) mass is 276 g/mol. The average Bonchev–Trinajstić information content (AvgIpc) is 2.47. The van der Waals surface area contributed by atoms with E-state index in [2.05, 4.69) is 26.0 Å². The molecule has 1 unspecified atom stereocenters. The topological polar surface area (TPSA) is 29.5 Å². The first-order chi connectivity index (χ1) is 9.65. The quantitative estimate of drug-likeness (QED) is 0.772. The number of rotatable bonds is 6. The fourth-order valence-electron chi connectivity index (χ4n) is 2.85. The van der Waals surface area contributed by atoms with Gasteiger partial charge in [0.25, 0.3) is 0 Å². The second-order valence-corrected chi connectivity index (χ2v) is 6.48. The number of ether oxygens (including phenoxy) is 1. The van der Waals surface area contributed by atoms with E-state index in [-0.39, 0.29) is 0 Å². The van der Waals surface area contributed by atoms with Crippen LogP contribution >= 0.6 is 0 Å².